The molecule has 2 heteroatoms. The molecule has 1 saturated carbocycles. The van der Waals surface area contributed by atoms with E-state index in [0.29, 0.717) is 0 Å². The van der Waals surface area contributed by atoms with Crippen molar-refractivity contribution in [3.8, 4) is 11.3 Å². The summed E-state index contributed by atoms with van der Waals surface area (Å²) >= 11 is 0. The van der Waals surface area contributed by atoms with E-state index in [1.165, 1.54) is 17.2 Å². The van der Waals surface area contributed by atoms with Crippen molar-refractivity contribution < 1.29 is 2.74 Å². The van der Waals surface area contributed by atoms with Crippen LogP contribution < -0.4 is 5.19 Å². The molecule has 0 bridgehead atoms. The quantitative estimate of drug-likeness (QED) is 0.536. The maximum absolute atomic E-state index is 9.14. The van der Waals surface area contributed by atoms with E-state index in [9.17, 15) is 0 Å². The van der Waals surface area contributed by atoms with E-state index in [4.69, 9.17) is 7.73 Å². The predicted molar refractivity (Wildman–Crippen MR) is 122 cm³/mol. The first-order chi connectivity index (χ1) is 13.4. The third-order valence-electron chi connectivity index (χ3n) is 5.70. The highest BCUT2D eigenvalue weighted by atomic mass is 28.3. The fourth-order valence-electron chi connectivity index (χ4n) is 3.94. The zero-order valence-electron chi connectivity index (χ0n) is 20.0. The van der Waals surface area contributed by atoms with Gasteiger partial charge in [0.1, 0.15) is 0 Å². The summed E-state index contributed by atoms with van der Waals surface area (Å²) in [6.07, 6.45) is 6.23. The van der Waals surface area contributed by atoms with Gasteiger partial charge in [-0.3, -0.25) is 4.98 Å². The van der Waals surface area contributed by atoms with E-state index in [0.717, 1.165) is 42.5 Å². The first-order valence-corrected chi connectivity index (χ1v) is 14.0. The standard InChI is InChI=1S/C25H37NSi/c1-25(2,3)22-14-10-13-20(16-22)23-17-21(15-19-11-8-7-9-12-19)24(18-26-23)27(4,5)6/h10,13-14,16-19H,7-9,11-12,15H2,1-6H3/i15D2. The van der Waals surface area contributed by atoms with E-state index in [1.807, 2.05) is 6.20 Å². The van der Waals surface area contributed by atoms with Crippen molar-refractivity contribution >= 4 is 13.3 Å². The molecule has 3 rings (SSSR count). The minimum absolute atomic E-state index is 0.0772. The van der Waals surface area contributed by atoms with Crippen LogP contribution in [0.15, 0.2) is 36.5 Å². The van der Waals surface area contributed by atoms with Crippen molar-refractivity contribution in [1.82, 2.24) is 4.98 Å². The molecule has 0 atom stereocenters. The Hall–Kier alpha value is -1.41. The van der Waals surface area contributed by atoms with Crippen LogP contribution in [-0.4, -0.2) is 13.1 Å². The lowest BCUT2D eigenvalue weighted by molar-refractivity contribution is 0.357. The minimum atomic E-state index is -1.72. The highest BCUT2D eigenvalue weighted by Gasteiger charge is 2.24. The fraction of sp³-hybridized carbons (Fsp3) is 0.560. The molecule has 1 aromatic heterocycles. The second-order valence-electron chi connectivity index (χ2n) is 10.2. The Balaban J connectivity index is 2.12. The molecule has 1 aliphatic carbocycles. The number of hydrogen-bond acceptors (Lipinski definition) is 1. The average molecular weight is 382 g/mol. The van der Waals surface area contributed by atoms with E-state index in [1.54, 1.807) is 0 Å². The van der Waals surface area contributed by atoms with Crippen molar-refractivity contribution in [1.29, 1.82) is 0 Å². The molecule has 0 aliphatic heterocycles. The van der Waals surface area contributed by atoms with Gasteiger partial charge >= 0.3 is 0 Å². The third-order valence-corrected chi connectivity index (χ3v) is 7.72. The largest absolute Gasteiger partial charge is 0.256 e. The van der Waals surface area contributed by atoms with Gasteiger partial charge in [-0.15, -0.1) is 0 Å². The number of pyridine rings is 1. The molecule has 1 aliphatic rings. The number of hydrogen-bond donors (Lipinski definition) is 0. The van der Waals surface area contributed by atoms with Gasteiger partial charge in [0.2, 0.25) is 0 Å². The number of rotatable bonds is 4. The van der Waals surface area contributed by atoms with E-state index in [2.05, 4.69) is 70.7 Å². The Morgan fingerprint density at radius 1 is 1.07 bits per heavy atom. The van der Waals surface area contributed by atoms with Gasteiger partial charge in [-0.25, -0.2) is 0 Å². The Morgan fingerprint density at radius 2 is 1.78 bits per heavy atom. The van der Waals surface area contributed by atoms with Gasteiger partial charge < -0.3 is 0 Å². The van der Waals surface area contributed by atoms with Gasteiger partial charge in [0.05, 0.1) is 13.8 Å². The van der Waals surface area contributed by atoms with Gasteiger partial charge in [-0.05, 0) is 46.2 Å². The lowest BCUT2D eigenvalue weighted by Gasteiger charge is -2.26. The van der Waals surface area contributed by atoms with Crippen LogP contribution in [0.2, 0.25) is 19.6 Å². The van der Waals surface area contributed by atoms with E-state index in [-0.39, 0.29) is 11.3 Å². The summed E-state index contributed by atoms with van der Waals surface area (Å²) in [7, 11) is -1.72. The molecule has 146 valence electrons. The van der Waals surface area contributed by atoms with Crippen molar-refractivity contribution in [2.45, 2.75) is 84.3 Å². The first kappa shape index (κ1) is 17.7. The van der Waals surface area contributed by atoms with Crippen molar-refractivity contribution in [2.24, 2.45) is 5.92 Å². The van der Waals surface area contributed by atoms with Crippen LogP contribution in [0.1, 0.15) is 66.7 Å². The third kappa shape index (κ3) is 5.10. The van der Waals surface area contributed by atoms with Crippen LogP contribution in [0.3, 0.4) is 0 Å². The number of benzene rings is 1. The van der Waals surface area contributed by atoms with Crippen LogP contribution >= 0.6 is 0 Å². The zero-order valence-corrected chi connectivity index (χ0v) is 19.0. The molecule has 1 heterocycles. The van der Waals surface area contributed by atoms with E-state index < -0.39 is 14.4 Å². The Morgan fingerprint density at radius 3 is 2.41 bits per heavy atom. The Labute approximate surface area is 170 Å². The molecule has 0 saturated heterocycles. The molecular formula is C25H37NSi. The maximum Gasteiger partial charge on any atom is 0.0799 e. The lowest BCUT2D eigenvalue weighted by atomic mass is 9.84. The zero-order chi connectivity index (χ0) is 21.4. The highest BCUT2D eigenvalue weighted by molar-refractivity contribution is 6.89. The second-order valence-corrected chi connectivity index (χ2v) is 15.2. The molecule has 2 aromatic rings. The topological polar surface area (TPSA) is 12.9 Å². The summed E-state index contributed by atoms with van der Waals surface area (Å²) in [4.78, 5) is 4.83. The molecular weight excluding hydrogens is 342 g/mol. The Kier molecular flexibility index (Phi) is 5.18. The maximum atomic E-state index is 9.14. The molecule has 0 N–H and O–H groups in total. The van der Waals surface area contributed by atoms with Crippen LogP contribution in [0, 0.1) is 5.92 Å². The average Bonchev–Trinajstić information content (AvgIpc) is 2.67. The van der Waals surface area contributed by atoms with Crippen LogP contribution in [0.5, 0.6) is 0 Å². The molecule has 0 spiro atoms. The van der Waals surface area contributed by atoms with Gasteiger partial charge in [0, 0.05) is 14.5 Å². The Bertz CT molecular complexity index is 856. The number of aromatic nitrogens is 1. The predicted octanol–water partition coefficient (Wildman–Crippen LogP) is 6.71. The van der Waals surface area contributed by atoms with Crippen molar-refractivity contribution in [3.63, 3.8) is 0 Å². The molecule has 27 heavy (non-hydrogen) atoms. The van der Waals surface area contributed by atoms with E-state index >= 15 is 0 Å². The van der Waals surface area contributed by atoms with Gasteiger partial charge in [0.25, 0.3) is 0 Å². The molecule has 1 fully saturated rings. The van der Waals surface area contributed by atoms with Crippen LogP contribution in [-0.2, 0) is 11.8 Å². The lowest BCUT2D eigenvalue weighted by Crippen LogP contribution is -2.41. The molecule has 1 nitrogen and oxygen atoms in total. The van der Waals surface area contributed by atoms with Crippen molar-refractivity contribution in [2.75, 3.05) is 0 Å². The molecule has 0 radical (unpaired) electrons. The summed E-state index contributed by atoms with van der Waals surface area (Å²) in [5, 5.41) is 1.17. The van der Waals surface area contributed by atoms with Gasteiger partial charge in [0.15, 0.2) is 0 Å². The van der Waals surface area contributed by atoms with Gasteiger partial charge in [-0.1, -0.05) is 90.7 Å². The summed E-state index contributed by atoms with van der Waals surface area (Å²) in [6.45, 7) is 13.6. The molecule has 0 amide bonds. The summed E-state index contributed by atoms with van der Waals surface area (Å²) in [5.41, 5.74) is 4.24. The summed E-state index contributed by atoms with van der Waals surface area (Å²) < 4.78 is 18.3. The van der Waals surface area contributed by atoms with Crippen LogP contribution in [0.4, 0.5) is 0 Å². The van der Waals surface area contributed by atoms with Gasteiger partial charge in [-0.2, -0.15) is 0 Å². The second kappa shape index (κ2) is 7.91. The SMILES string of the molecule is [2H]C([2H])(c1cc(-c2cccc(C(C)(C)C)c2)ncc1[Si](C)(C)C)C1CCCCC1. The monoisotopic (exact) mass is 381 g/mol. The first-order valence-electron chi connectivity index (χ1n) is 11.5. The normalized spacial score (nSPS) is 18.1. The minimum Gasteiger partial charge on any atom is -0.256 e. The fourth-order valence-corrected chi connectivity index (χ4v) is 5.35. The van der Waals surface area contributed by atoms with Crippen molar-refractivity contribution in [3.05, 3.63) is 47.7 Å². The summed E-state index contributed by atoms with van der Waals surface area (Å²) in [6, 6.07) is 10.7. The molecule has 0 unspecified atom stereocenters. The molecule has 1 aromatic carbocycles. The highest BCUT2D eigenvalue weighted by Crippen LogP contribution is 2.30. The summed E-state index contributed by atoms with van der Waals surface area (Å²) in [5.74, 6) is 0.113. The smallest absolute Gasteiger partial charge is 0.0799 e. The number of nitrogens with zero attached hydrogens (tertiary/aromatic N) is 1. The van der Waals surface area contributed by atoms with Crippen LogP contribution in [0.25, 0.3) is 11.3 Å².